The second kappa shape index (κ2) is 7.16. The van der Waals surface area contributed by atoms with Crippen LogP contribution in [-0.2, 0) is 9.47 Å². The third-order valence-electron chi connectivity index (χ3n) is 2.91. The van der Waals surface area contributed by atoms with Gasteiger partial charge in [-0.05, 0) is 25.3 Å². The van der Waals surface area contributed by atoms with Crippen LogP contribution in [0.2, 0.25) is 0 Å². The van der Waals surface area contributed by atoms with Crippen molar-refractivity contribution in [2.45, 2.75) is 25.6 Å². The van der Waals surface area contributed by atoms with E-state index in [4.69, 9.17) is 14.2 Å². The third kappa shape index (κ3) is 3.88. The fourth-order valence-electron chi connectivity index (χ4n) is 1.95. The van der Waals surface area contributed by atoms with Crippen molar-refractivity contribution < 1.29 is 23.5 Å². The SMILES string of the molecule is O=[N+]([O-])c1cccc(F)c1OCCO[C@H]1CCCCO1. The van der Waals surface area contributed by atoms with Crippen LogP contribution in [0.3, 0.4) is 0 Å². The number of hydrogen-bond donors (Lipinski definition) is 0. The van der Waals surface area contributed by atoms with Crippen molar-refractivity contribution in [1.82, 2.24) is 0 Å². The van der Waals surface area contributed by atoms with Crippen LogP contribution in [0.15, 0.2) is 18.2 Å². The van der Waals surface area contributed by atoms with E-state index in [9.17, 15) is 14.5 Å². The second-order valence-electron chi connectivity index (χ2n) is 4.36. The van der Waals surface area contributed by atoms with E-state index in [0.717, 1.165) is 25.3 Å². The molecule has 0 radical (unpaired) electrons. The lowest BCUT2D eigenvalue weighted by atomic mass is 10.2. The van der Waals surface area contributed by atoms with Crippen molar-refractivity contribution in [1.29, 1.82) is 0 Å². The fourth-order valence-corrected chi connectivity index (χ4v) is 1.95. The molecular weight excluding hydrogens is 269 g/mol. The molecule has 1 atom stereocenters. The Balaban J connectivity index is 1.83. The van der Waals surface area contributed by atoms with Crippen molar-refractivity contribution >= 4 is 5.69 Å². The fraction of sp³-hybridized carbons (Fsp3) is 0.538. The molecule has 1 fully saturated rings. The van der Waals surface area contributed by atoms with Crippen LogP contribution in [0, 0.1) is 15.9 Å². The molecular formula is C13H16FNO5. The summed E-state index contributed by atoms with van der Waals surface area (Å²) < 4.78 is 29.4. The molecule has 1 aromatic rings. The lowest BCUT2D eigenvalue weighted by Crippen LogP contribution is -2.24. The van der Waals surface area contributed by atoms with Gasteiger partial charge in [-0.1, -0.05) is 6.07 Å². The summed E-state index contributed by atoms with van der Waals surface area (Å²) in [4.78, 5) is 10.1. The normalized spacial score (nSPS) is 18.8. The summed E-state index contributed by atoms with van der Waals surface area (Å²) in [6.07, 6.45) is 2.63. The molecule has 0 saturated carbocycles. The summed E-state index contributed by atoms with van der Waals surface area (Å²) in [6, 6.07) is 3.59. The molecule has 0 unspecified atom stereocenters. The lowest BCUT2D eigenvalue weighted by Gasteiger charge is -2.22. The quantitative estimate of drug-likeness (QED) is 0.456. The second-order valence-corrected chi connectivity index (χ2v) is 4.36. The zero-order valence-electron chi connectivity index (χ0n) is 10.9. The van der Waals surface area contributed by atoms with Gasteiger partial charge in [0, 0.05) is 12.7 Å². The minimum atomic E-state index is -0.756. The number of nitro benzene ring substituents is 1. The van der Waals surface area contributed by atoms with Crippen molar-refractivity contribution in [3.05, 3.63) is 34.1 Å². The highest BCUT2D eigenvalue weighted by molar-refractivity contribution is 5.46. The first kappa shape index (κ1) is 14.7. The third-order valence-corrected chi connectivity index (χ3v) is 2.91. The van der Waals surface area contributed by atoms with Gasteiger partial charge in [0.1, 0.15) is 6.61 Å². The Bertz CT molecular complexity index is 462. The first-order valence-corrected chi connectivity index (χ1v) is 6.47. The Hall–Kier alpha value is -1.73. The Labute approximate surface area is 115 Å². The van der Waals surface area contributed by atoms with Gasteiger partial charge in [0.05, 0.1) is 11.5 Å². The van der Waals surface area contributed by atoms with Crippen molar-refractivity contribution in [3.63, 3.8) is 0 Å². The summed E-state index contributed by atoms with van der Waals surface area (Å²) >= 11 is 0. The molecule has 0 aliphatic carbocycles. The summed E-state index contributed by atoms with van der Waals surface area (Å²) in [5.74, 6) is -1.11. The van der Waals surface area contributed by atoms with Crippen LogP contribution in [0.1, 0.15) is 19.3 Å². The number of benzene rings is 1. The van der Waals surface area contributed by atoms with Crippen molar-refractivity contribution in [2.24, 2.45) is 0 Å². The molecule has 1 aromatic carbocycles. The number of ether oxygens (including phenoxy) is 3. The average Bonchev–Trinajstić information content (AvgIpc) is 2.45. The number of nitro groups is 1. The van der Waals surface area contributed by atoms with Gasteiger partial charge in [-0.15, -0.1) is 0 Å². The van der Waals surface area contributed by atoms with Crippen LogP contribution in [0.5, 0.6) is 5.75 Å². The zero-order chi connectivity index (χ0) is 14.4. The molecule has 1 heterocycles. The molecule has 0 bridgehead atoms. The molecule has 6 nitrogen and oxygen atoms in total. The number of halogens is 1. The zero-order valence-corrected chi connectivity index (χ0v) is 10.9. The van der Waals surface area contributed by atoms with E-state index in [2.05, 4.69) is 0 Å². The monoisotopic (exact) mass is 285 g/mol. The van der Waals surface area contributed by atoms with E-state index in [-0.39, 0.29) is 30.9 Å². The van der Waals surface area contributed by atoms with Gasteiger partial charge >= 0.3 is 5.69 Å². The van der Waals surface area contributed by atoms with Crippen molar-refractivity contribution in [2.75, 3.05) is 19.8 Å². The lowest BCUT2D eigenvalue weighted by molar-refractivity contribution is -0.386. The van der Waals surface area contributed by atoms with E-state index in [1.54, 1.807) is 0 Å². The predicted molar refractivity (Wildman–Crippen MR) is 68.1 cm³/mol. The van der Waals surface area contributed by atoms with Crippen LogP contribution in [-0.4, -0.2) is 31.0 Å². The van der Waals surface area contributed by atoms with E-state index in [0.29, 0.717) is 6.61 Å². The summed E-state index contributed by atoms with van der Waals surface area (Å²) in [6.45, 7) is 0.891. The molecule has 1 saturated heterocycles. The molecule has 0 spiro atoms. The van der Waals surface area contributed by atoms with Gasteiger partial charge in [0.25, 0.3) is 0 Å². The van der Waals surface area contributed by atoms with E-state index in [1.165, 1.54) is 12.1 Å². The highest BCUT2D eigenvalue weighted by Gasteiger charge is 2.19. The summed E-state index contributed by atoms with van der Waals surface area (Å²) in [7, 11) is 0. The number of para-hydroxylation sites is 1. The maximum atomic E-state index is 13.5. The first-order chi connectivity index (χ1) is 9.68. The molecule has 7 heteroatoms. The highest BCUT2D eigenvalue weighted by atomic mass is 19.1. The topological polar surface area (TPSA) is 70.8 Å². The van der Waals surface area contributed by atoms with E-state index >= 15 is 0 Å². The molecule has 110 valence electrons. The Morgan fingerprint density at radius 1 is 1.40 bits per heavy atom. The summed E-state index contributed by atoms with van der Waals surface area (Å²) in [5, 5.41) is 10.8. The Kier molecular flexibility index (Phi) is 5.25. The predicted octanol–water partition coefficient (Wildman–Crippen LogP) is 2.66. The smallest absolute Gasteiger partial charge is 0.314 e. The van der Waals surface area contributed by atoms with Gasteiger partial charge in [0.15, 0.2) is 12.1 Å². The average molecular weight is 285 g/mol. The molecule has 1 aliphatic heterocycles. The molecule has 0 N–H and O–H groups in total. The molecule has 1 aliphatic rings. The summed E-state index contributed by atoms with van der Waals surface area (Å²) in [5.41, 5.74) is -0.390. The van der Waals surface area contributed by atoms with Crippen LogP contribution >= 0.6 is 0 Å². The van der Waals surface area contributed by atoms with Gasteiger partial charge in [-0.2, -0.15) is 0 Å². The maximum absolute atomic E-state index is 13.5. The first-order valence-electron chi connectivity index (χ1n) is 6.47. The minimum Gasteiger partial charge on any atom is -0.482 e. The van der Waals surface area contributed by atoms with E-state index < -0.39 is 10.7 Å². The molecule has 0 aromatic heterocycles. The largest absolute Gasteiger partial charge is 0.482 e. The molecule has 2 rings (SSSR count). The standard InChI is InChI=1S/C13H16FNO5/c14-10-4-3-5-11(15(16)17)13(10)20-9-8-19-12-6-1-2-7-18-12/h3-5,12H,1-2,6-9H2/t12-/m0/s1. The van der Waals surface area contributed by atoms with E-state index in [1.807, 2.05) is 0 Å². The maximum Gasteiger partial charge on any atom is 0.314 e. The van der Waals surface area contributed by atoms with Crippen LogP contribution in [0.4, 0.5) is 10.1 Å². The van der Waals surface area contributed by atoms with Crippen molar-refractivity contribution in [3.8, 4) is 5.75 Å². The van der Waals surface area contributed by atoms with Gasteiger partial charge in [-0.3, -0.25) is 10.1 Å². The number of rotatable bonds is 6. The number of hydrogen-bond acceptors (Lipinski definition) is 5. The molecule has 0 amide bonds. The van der Waals surface area contributed by atoms with Crippen LogP contribution < -0.4 is 4.74 Å². The van der Waals surface area contributed by atoms with Gasteiger partial charge < -0.3 is 14.2 Å². The van der Waals surface area contributed by atoms with Gasteiger partial charge in [0.2, 0.25) is 5.75 Å². The molecule has 20 heavy (non-hydrogen) atoms. The Morgan fingerprint density at radius 2 is 2.25 bits per heavy atom. The van der Waals surface area contributed by atoms with Crippen LogP contribution in [0.25, 0.3) is 0 Å². The Morgan fingerprint density at radius 3 is 2.95 bits per heavy atom. The van der Waals surface area contributed by atoms with Gasteiger partial charge in [-0.25, -0.2) is 4.39 Å². The number of nitrogens with zero attached hydrogens (tertiary/aromatic N) is 1. The highest BCUT2D eigenvalue weighted by Crippen LogP contribution is 2.29. The minimum absolute atomic E-state index is 0.0294.